The van der Waals surface area contributed by atoms with Gasteiger partial charge in [-0.05, 0) is 44.0 Å². The Balaban J connectivity index is 1.39. The van der Waals surface area contributed by atoms with Crippen LogP contribution in [0.5, 0.6) is 0 Å². The quantitative estimate of drug-likeness (QED) is 0.549. The molecule has 0 atom stereocenters. The first-order valence-electron chi connectivity index (χ1n) is 10.5. The molecule has 8 nitrogen and oxygen atoms in total. The monoisotopic (exact) mass is 413 g/mol. The van der Waals surface area contributed by atoms with Gasteiger partial charge in [0.1, 0.15) is 5.82 Å². The van der Waals surface area contributed by atoms with E-state index >= 15 is 0 Å². The van der Waals surface area contributed by atoms with E-state index in [0.717, 1.165) is 48.7 Å². The highest BCUT2D eigenvalue weighted by Gasteiger charge is 2.19. The molecule has 0 aliphatic carbocycles. The Morgan fingerprint density at radius 1 is 0.968 bits per heavy atom. The van der Waals surface area contributed by atoms with Crippen molar-refractivity contribution in [3.8, 4) is 17.1 Å². The Hall–Kier alpha value is -3.81. The molecule has 0 radical (unpaired) electrons. The van der Waals surface area contributed by atoms with Gasteiger partial charge in [-0.1, -0.05) is 36.8 Å². The van der Waals surface area contributed by atoms with E-state index in [-0.39, 0.29) is 5.91 Å². The zero-order valence-electron chi connectivity index (χ0n) is 17.3. The third-order valence-corrected chi connectivity index (χ3v) is 5.47. The number of hydrogen-bond donors (Lipinski definition) is 1. The van der Waals surface area contributed by atoms with Crippen LogP contribution in [0.4, 0.5) is 5.69 Å². The van der Waals surface area contributed by atoms with Gasteiger partial charge in [-0.3, -0.25) is 4.79 Å². The van der Waals surface area contributed by atoms with E-state index in [9.17, 15) is 4.79 Å². The number of rotatable bonds is 4. The maximum atomic E-state index is 12.9. The van der Waals surface area contributed by atoms with Crippen LogP contribution >= 0.6 is 0 Å². The fourth-order valence-corrected chi connectivity index (χ4v) is 3.89. The molecule has 1 aliphatic rings. The van der Waals surface area contributed by atoms with Crippen molar-refractivity contribution in [3.05, 3.63) is 71.8 Å². The number of nitrogens with zero attached hydrogens (tertiary/aromatic N) is 6. The van der Waals surface area contributed by atoms with Crippen LogP contribution < -0.4 is 5.32 Å². The zero-order chi connectivity index (χ0) is 21.2. The number of anilines is 1. The Bertz CT molecular complexity index is 1230. The molecule has 1 N–H and O–H groups in total. The molecule has 2 aromatic heterocycles. The van der Waals surface area contributed by atoms with Gasteiger partial charge in [0, 0.05) is 24.2 Å². The van der Waals surface area contributed by atoms with Crippen LogP contribution in [0.3, 0.4) is 0 Å². The highest BCUT2D eigenvalue weighted by molar-refractivity contribution is 6.03. The molecule has 0 fully saturated rings. The van der Waals surface area contributed by atoms with Crippen LogP contribution in [0, 0.1) is 6.92 Å². The predicted octanol–water partition coefficient (Wildman–Crippen LogP) is 3.81. The van der Waals surface area contributed by atoms with Crippen LogP contribution in [0.15, 0.2) is 54.6 Å². The normalized spacial score (nSPS) is 13.5. The lowest BCUT2D eigenvalue weighted by Gasteiger charge is -2.09. The minimum Gasteiger partial charge on any atom is -0.321 e. The number of benzene rings is 2. The predicted molar refractivity (Wildman–Crippen MR) is 117 cm³/mol. The number of para-hydroxylation sites is 1. The topological polar surface area (TPSA) is 90.5 Å². The molecule has 0 spiro atoms. The minimum absolute atomic E-state index is 0.295. The van der Waals surface area contributed by atoms with Crippen molar-refractivity contribution in [2.45, 2.75) is 39.2 Å². The highest BCUT2D eigenvalue weighted by Crippen LogP contribution is 2.25. The molecule has 0 saturated heterocycles. The fraction of sp³-hybridized carbons (Fsp3) is 0.261. The van der Waals surface area contributed by atoms with E-state index in [4.69, 9.17) is 0 Å². The van der Waals surface area contributed by atoms with Crippen molar-refractivity contribution in [1.29, 1.82) is 0 Å². The Kier molecular flexibility index (Phi) is 5.03. The van der Waals surface area contributed by atoms with Crippen molar-refractivity contribution < 1.29 is 4.79 Å². The van der Waals surface area contributed by atoms with Crippen LogP contribution in [-0.2, 0) is 13.0 Å². The number of nitrogens with one attached hydrogen (secondary N) is 1. The minimum atomic E-state index is -0.295. The number of aryl methyl sites for hydroxylation is 2. The second-order valence-electron chi connectivity index (χ2n) is 7.70. The summed E-state index contributed by atoms with van der Waals surface area (Å²) in [5, 5.41) is 20.5. The van der Waals surface area contributed by atoms with Crippen LogP contribution in [0.25, 0.3) is 17.1 Å². The first kappa shape index (κ1) is 19.2. The molecular formula is C23H23N7O. The van der Waals surface area contributed by atoms with Gasteiger partial charge in [0.25, 0.3) is 5.91 Å². The van der Waals surface area contributed by atoms with Crippen molar-refractivity contribution in [2.75, 3.05) is 5.32 Å². The smallest absolute Gasteiger partial charge is 0.278 e. The van der Waals surface area contributed by atoms with Gasteiger partial charge >= 0.3 is 0 Å². The number of hydrogen-bond acceptors (Lipinski definition) is 5. The second kappa shape index (κ2) is 8.14. The summed E-state index contributed by atoms with van der Waals surface area (Å²) in [6.45, 7) is 2.71. The lowest BCUT2D eigenvalue weighted by Crippen LogP contribution is -2.14. The molecule has 2 aromatic carbocycles. The molecule has 0 saturated carbocycles. The summed E-state index contributed by atoms with van der Waals surface area (Å²) < 4.78 is 2.20. The maximum absolute atomic E-state index is 12.9. The number of amides is 1. The summed E-state index contributed by atoms with van der Waals surface area (Å²) in [5.74, 6) is 1.59. The molecule has 4 aromatic rings. The lowest BCUT2D eigenvalue weighted by atomic mass is 10.1. The summed E-state index contributed by atoms with van der Waals surface area (Å²) in [6.07, 6.45) is 4.45. The first-order valence-corrected chi connectivity index (χ1v) is 10.5. The number of aromatic nitrogens is 6. The van der Waals surface area contributed by atoms with Gasteiger partial charge in [-0.15, -0.1) is 15.3 Å². The van der Waals surface area contributed by atoms with Crippen LogP contribution in [0.2, 0.25) is 0 Å². The Morgan fingerprint density at radius 3 is 2.71 bits per heavy atom. The molecular weight excluding hydrogens is 390 g/mol. The summed E-state index contributed by atoms with van der Waals surface area (Å²) in [6, 6.07) is 17.2. The molecule has 3 heterocycles. The maximum Gasteiger partial charge on any atom is 0.278 e. The molecule has 0 unspecified atom stereocenters. The number of fused-ring (bicyclic) bond motifs is 1. The van der Waals surface area contributed by atoms with Gasteiger partial charge < -0.3 is 9.88 Å². The fourth-order valence-electron chi connectivity index (χ4n) is 3.89. The molecule has 5 rings (SSSR count). The van der Waals surface area contributed by atoms with Gasteiger partial charge in [-0.25, -0.2) is 0 Å². The highest BCUT2D eigenvalue weighted by atomic mass is 16.2. The van der Waals surface area contributed by atoms with E-state index in [1.165, 1.54) is 11.2 Å². The van der Waals surface area contributed by atoms with E-state index in [1.807, 2.05) is 54.6 Å². The Labute approximate surface area is 179 Å². The summed E-state index contributed by atoms with van der Waals surface area (Å²) in [7, 11) is 0. The van der Waals surface area contributed by atoms with Gasteiger partial charge in [0.05, 0.1) is 11.4 Å². The second-order valence-corrected chi connectivity index (χ2v) is 7.70. The van der Waals surface area contributed by atoms with Crippen molar-refractivity contribution in [2.24, 2.45) is 0 Å². The largest absolute Gasteiger partial charge is 0.321 e. The van der Waals surface area contributed by atoms with Crippen molar-refractivity contribution in [3.63, 3.8) is 0 Å². The van der Waals surface area contributed by atoms with E-state index in [2.05, 4.69) is 30.3 Å². The summed E-state index contributed by atoms with van der Waals surface area (Å²) in [4.78, 5) is 14.4. The average molecular weight is 413 g/mol. The van der Waals surface area contributed by atoms with Gasteiger partial charge in [-0.2, -0.15) is 9.90 Å². The van der Waals surface area contributed by atoms with E-state index < -0.39 is 0 Å². The van der Waals surface area contributed by atoms with E-state index in [1.54, 1.807) is 6.92 Å². The number of carbonyl (C=O) groups is 1. The van der Waals surface area contributed by atoms with Gasteiger partial charge in [0.2, 0.25) is 0 Å². The molecule has 0 bridgehead atoms. The lowest BCUT2D eigenvalue weighted by molar-refractivity contribution is 0.102. The Morgan fingerprint density at radius 2 is 1.84 bits per heavy atom. The summed E-state index contributed by atoms with van der Waals surface area (Å²) in [5.41, 5.74) is 3.29. The summed E-state index contributed by atoms with van der Waals surface area (Å²) >= 11 is 0. The van der Waals surface area contributed by atoms with Crippen molar-refractivity contribution >= 4 is 11.6 Å². The van der Waals surface area contributed by atoms with Crippen LogP contribution in [0.1, 0.15) is 41.3 Å². The van der Waals surface area contributed by atoms with Gasteiger partial charge in [0.15, 0.2) is 11.5 Å². The zero-order valence-corrected chi connectivity index (χ0v) is 17.3. The standard InChI is InChI=1S/C23H23N7O/c1-16-21(28-30(27-16)19-11-4-2-5-12-19)23(31)24-18-10-8-9-17(15-18)22-26-25-20-13-6-3-7-14-29(20)22/h2,4-5,8-12,15H,3,6-7,13-14H2,1H3,(H,24,31). The number of carbonyl (C=O) groups excluding carboxylic acids is 1. The third-order valence-electron chi connectivity index (χ3n) is 5.47. The first-order chi connectivity index (χ1) is 15.2. The van der Waals surface area contributed by atoms with Crippen LogP contribution in [-0.4, -0.2) is 35.7 Å². The van der Waals surface area contributed by atoms with Crippen molar-refractivity contribution in [1.82, 2.24) is 29.8 Å². The van der Waals surface area contributed by atoms with E-state index in [0.29, 0.717) is 17.1 Å². The molecule has 8 heteroatoms. The molecule has 1 aliphatic heterocycles. The molecule has 156 valence electrons. The average Bonchev–Trinajstić information content (AvgIpc) is 3.30. The third kappa shape index (κ3) is 3.84. The SMILES string of the molecule is Cc1nn(-c2ccccc2)nc1C(=O)Nc1cccc(-c2nnc3n2CCCCC3)c1. The molecule has 1 amide bonds. The molecule has 31 heavy (non-hydrogen) atoms.